The van der Waals surface area contributed by atoms with Gasteiger partial charge in [-0.05, 0) is 27.2 Å². The molecule has 1 amide bonds. The van der Waals surface area contributed by atoms with Crippen molar-refractivity contribution in [2.24, 2.45) is 0 Å². The fraction of sp³-hybridized carbons (Fsp3) is 0.700. The molecule has 0 aliphatic heterocycles. The molecule has 1 heterocycles. The Morgan fingerprint density at radius 1 is 1.38 bits per heavy atom. The van der Waals surface area contributed by atoms with E-state index in [2.05, 4.69) is 20.8 Å². The number of anilines is 1. The van der Waals surface area contributed by atoms with Crippen LogP contribution < -0.4 is 10.6 Å². The highest BCUT2D eigenvalue weighted by Gasteiger charge is 2.21. The molecule has 0 aromatic carbocycles. The highest BCUT2D eigenvalue weighted by molar-refractivity contribution is 7.17. The lowest BCUT2D eigenvalue weighted by Crippen LogP contribution is -2.42. The largest absolute Gasteiger partial charge is 0.360 e. The molecule has 0 fully saturated rings. The Hall–Kier alpha value is -1.17. The summed E-state index contributed by atoms with van der Waals surface area (Å²) in [4.78, 5) is 11.8. The van der Waals surface area contributed by atoms with E-state index in [-0.39, 0.29) is 11.4 Å². The van der Waals surface area contributed by atoms with Gasteiger partial charge in [0.1, 0.15) is 0 Å². The van der Waals surface area contributed by atoms with E-state index in [1.165, 1.54) is 11.3 Å². The molecule has 0 atom stereocenters. The Balaban J connectivity index is 2.66. The first-order valence-electron chi connectivity index (χ1n) is 5.38. The summed E-state index contributed by atoms with van der Waals surface area (Å²) < 4.78 is 0. The van der Waals surface area contributed by atoms with Crippen LogP contribution >= 0.6 is 11.3 Å². The SMILES string of the molecule is CCNc1nnc(C(=O)NC(C)(C)CC)s1. The van der Waals surface area contributed by atoms with Gasteiger partial charge in [0.2, 0.25) is 10.1 Å². The van der Waals surface area contributed by atoms with Crippen LogP contribution in [0.3, 0.4) is 0 Å². The molecule has 2 N–H and O–H groups in total. The number of carbonyl (C=O) groups excluding carboxylic acids is 1. The highest BCUT2D eigenvalue weighted by atomic mass is 32.1. The molecule has 0 spiro atoms. The fourth-order valence-corrected chi connectivity index (χ4v) is 1.69. The van der Waals surface area contributed by atoms with E-state index in [4.69, 9.17) is 0 Å². The Labute approximate surface area is 99.7 Å². The van der Waals surface area contributed by atoms with Crippen LogP contribution in [-0.4, -0.2) is 28.2 Å². The second kappa shape index (κ2) is 5.25. The maximum absolute atomic E-state index is 11.8. The van der Waals surface area contributed by atoms with Crippen molar-refractivity contribution in [3.05, 3.63) is 5.01 Å². The zero-order chi connectivity index (χ0) is 12.2. The van der Waals surface area contributed by atoms with Crippen molar-refractivity contribution in [1.29, 1.82) is 0 Å². The van der Waals surface area contributed by atoms with Crippen LogP contribution in [-0.2, 0) is 0 Å². The first kappa shape index (κ1) is 12.9. The van der Waals surface area contributed by atoms with Crippen molar-refractivity contribution < 1.29 is 4.79 Å². The lowest BCUT2D eigenvalue weighted by molar-refractivity contribution is 0.0910. The molecule has 1 aromatic rings. The number of amides is 1. The average molecular weight is 242 g/mol. The van der Waals surface area contributed by atoms with Crippen LogP contribution in [0.15, 0.2) is 0 Å². The molecule has 0 bridgehead atoms. The van der Waals surface area contributed by atoms with Crippen molar-refractivity contribution in [1.82, 2.24) is 15.5 Å². The number of hydrogen-bond acceptors (Lipinski definition) is 5. The van der Waals surface area contributed by atoms with E-state index in [1.54, 1.807) is 0 Å². The first-order valence-corrected chi connectivity index (χ1v) is 6.20. The third-order valence-electron chi connectivity index (χ3n) is 2.28. The summed E-state index contributed by atoms with van der Waals surface area (Å²) in [6.07, 6.45) is 0.873. The smallest absolute Gasteiger partial charge is 0.282 e. The molecule has 5 nitrogen and oxygen atoms in total. The van der Waals surface area contributed by atoms with Gasteiger partial charge < -0.3 is 10.6 Å². The maximum Gasteiger partial charge on any atom is 0.282 e. The third kappa shape index (κ3) is 3.44. The molecule has 0 saturated heterocycles. The predicted octanol–water partition coefficient (Wildman–Crippen LogP) is 1.89. The molecular weight excluding hydrogens is 224 g/mol. The van der Waals surface area contributed by atoms with Crippen LogP contribution in [0.4, 0.5) is 5.13 Å². The van der Waals surface area contributed by atoms with Crippen LogP contribution in [0.5, 0.6) is 0 Å². The monoisotopic (exact) mass is 242 g/mol. The van der Waals surface area contributed by atoms with Crippen LogP contribution in [0.2, 0.25) is 0 Å². The zero-order valence-corrected chi connectivity index (χ0v) is 10.9. The first-order chi connectivity index (χ1) is 7.48. The minimum absolute atomic E-state index is 0.159. The maximum atomic E-state index is 11.8. The van der Waals surface area contributed by atoms with Gasteiger partial charge in [-0.1, -0.05) is 18.3 Å². The molecule has 90 valence electrons. The number of hydrogen-bond donors (Lipinski definition) is 2. The topological polar surface area (TPSA) is 66.9 Å². The summed E-state index contributed by atoms with van der Waals surface area (Å²) in [6.45, 7) is 8.75. The van der Waals surface area contributed by atoms with Crippen molar-refractivity contribution >= 4 is 22.4 Å². The van der Waals surface area contributed by atoms with Crippen molar-refractivity contribution in [3.8, 4) is 0 Å². The quantitative estimate of drug-likeness (QED) is 0.827. The van der Waals surface area contributed by atoms with Gasteiger partial charge in [-0.2, -0.15) is 0 Å². The van der Waals surface area contributed by atoms with Crippen molar-refractivity contribution in [2.45, 2.75) is 39.7 Å². The van der Waals surface area contributed by atoms with E-state index in [0.717, 1.165) is 13.0 Å². The van der Waals surface area contributed by atoms with Gasteiger partial charge in [-0.25, -0.2) is 0 Å². The average Bonchev–Trinajstić information content (AvgIpc) is 2.66. The van der Waals surface area contributed by atoms with Gasteiger partial charge in [0.15, 0.2) is 0 Å². The number of nitrogens with one attached hydrogen (secondary N) is 2. The Kier molecular flexibility index (Phi) is 4.23. The predicted molar refractivity (Wildman–Crippen MR) is 65.9 cm³/mol. The van der Waals surface area contributed by atoms with E-state index < -0.39 is 0 Å². The lowest BCUT2D eigenvalue weighted by Gasteiger charge is -2.23. The molecule has 0 aliphatic rings. The van der Waals surface area contributed by atoms with Crippen molar-refractivity contribution in [3.63, 3.8) is 0 Å². The lowest BCUT2D eigenvalue weighted by atomic mass is 10.0. The number of aromatic nitrogens is 2. The summed E-state index contributed by atoms with van der Waals surface area (Å²) >= 11 is 1.27. The van der Waals surface area contributed by atoms with Crippen LogP contribution in [0, 0.1) is 0 Å². The molecule has 0 unspecified atom stereocenters. The van der Waals surface area contributed by atoms with Crippen LogP contribution in [0.1, 0.15) is 43.9 Å². The molecule has 1 rings (SSSR count). The summed E-state index contributed by atoms with van der Waals surface area (Å²) in [5, 5.41) is 14.8. The molecular formula is C10H18N4OS. The van der Waals surface area contributed by atoms with Crippen molar-refractivity contribution in [2.75, 3.05) is 11.9 Å². The van der Waals surface area contributed by atoms with Gasteiger partial charge in [0.05, 0.1) is 0 Å². The Morgan fingerprint density at radius 3 is 2.62 bits per heavy atom. The summed E-state index contributed by atoms with van der Waals surface area (Å²) in [5.41, 5.74) is -0.207. The fourth-order valence-electron chi connectivity index (χ4n) is 0.987. The van der Waals surface area contributed by atoms with E-state index in [1.807, 2.05) is 27.7 Å². The summed E-state index contributed by atoms with van der Waals surface area (Å²) in [7, 11) is 0. The number of carbonyl (C=O) groups is 1. The van der Waals surface area contributed by atoms with E-state index in [9.17, 15) is 4.79 Å². The zero-order valence-electron chi connectivity index (χ0n) is 10.1. The van der Waals surface area contributed by atoms with E-state index in [0.29, 0.717) is 10.1 Å². The molecule has 0 aliphatic carbocycles. The van der Waals surface area contributed by atoms with Crippen LogP contribution in [0.25, 0.3) is 0 Å². The highest BCUT2D eigenvalue weighted by Crippen LogP contribution is 2.16. The molecule has 6 heteroatoms. The number of nitrogens with zero attached hydrogens (tertiary/aromatic N) is 2. The molecule has 0 radical (unpaired) electrons. The van der Waals surface area contributed by atoms with Gasteiger partial charge in [0.25, 0.3) is 5.91 Å². The van der Waals surface area contributed by atoms with Gasteiger partial charge >= 0.3 is 0 Å². The minimum Gasteiger partial charge on any atom is -0.360 e. The Morgan fingerprint density at radius 2 is 2.06 bits per heavy atom. The molecule has 0 saturated carbocycles. The molecule has 1 aromatic heterocycles. The van der Waals surface area contributed by atoms with Gasteiger partial charge in [-0.3, -0.25) is 4.79 Å². The Bertz CT molecular complexity index is 361. The summed E-state index contributed by atoms with van der Waals surface area (Å²) in [5.74, 6) is -0.159. The normalized spacial score (nSPS) is 11.2. The van der Waals surface area contributed by atoms with Gasteiger partial charge in [0, 0.05) is 12.1 Å². The number of rotatable bonds is 5. The molecule has 16 heavy (non-hydrogen) atoms. The summed E-state index contributed by atoms with van der Waals surface area (Å²) in [6, 6.07) is 0. The van der Waals surface area contributed by atoms with Gasteiger partial charge in [-0.15, -0.1) is 10.2 Å². The second-order valence-corrected chi connectivity index (χ2v) is 5.11. The standard InChI is InChI=1S/C10H18N4OS/c1-5-10(3,4)12-7(15)8-13-14-9(16-8)11-6-2/h5-6H2,1-4H3,(H,11,14)(H,12,15). The van der Waals surface area contributed by atoms with E-state index >= 15 is 0 Å². The third-order valence-corrected chi connectivity index (χ3v) is 3.16. The minimum atomic E-state index is -0.207. The second-order valence-electron chi connectivity index (χ2n) is 4.13.